The third-order valence-corrected chi connectivity index (χ3v) is 4.17. The molecule has 0 saturated carbocycles. The molecule has 2 heterocycles. The SMILES string of the molecule is CN(Cc1cccnc1)C1CN(C(=O)COc2ccc(F)cc2)C1. The molecule has 0 aliphatic carbocycles. The molecule has 5 nitrogen and oxygen atoms in total. The Balaban J connectivity index is 1.40. The van der Waals surface area contributed by atoms with Crippen molar-refractivity contribution >= 4 is 5.91 Å². The number of likely N-dealkylation sites (N-methyl/N-ethyl adjacent to an activating group) is 1. The summed E-state index contributed by atoms with van der Waals surface area (Å²) in [4.78, 5) is 20.2. The fourth-order valence-electron chi connectivity index (χ4n) is 2.61. The first-order valence-electron chi connectivity index (χ1n) is 7.87. The largest absolute Gasteiger partial charge is 0.484 e. The summed E-state index contributed by atoms with van der Waals surface area (Å²) >= 11 is 0. The average molecular weight is 329 g/mol. The smallest absolute Gasteiger partial charge is 0.260 e. The molecular weight excluding hydrogens is 309 g/mol. The predicted octanol–water partition coefficient (Wildman–Crippen LogP) is 1.94. The van der Waals surface area contributed by atoms with Crippen LogP contribution in [0.2, 0.25) is 0 Å². The van der Waals surface area contributed by atoms with Crippen molar-refractivity contribution in [3.05, 3.63) is 60.2 Å². The zero-order valence-corrected chi connectivity index (χ0v) is 13.6. The van der Waals surface area contributed by atoms with E-state index in [0.717, 1.165) is 12.1 Å². The van der Waals surface area contributed by atoms with E-state index in [1.54, 1.807) is 11.1 Å². The highest BCUT2D eigenvalue weighted by Crippen LogP contribution is 2.17. The van der Waals surface area contributed by atoms with Crippen molar-refractivity contribution in [1.29, 1.82) is 0 Å². The first-order chi connectivity index (χ1) is 11.6. The predicted molar refractivity (Wildman–Crippen MR) is 88.0 cm³/mol. The van der Waals surface area contributed by atoms with Gasteiger partial charge in [-0.2, -0.15) is 0 Å². The monoisotopic (exact) mass is 329 g/mol. The Kier molecular flexibility index (Phi) is 5.05. The van der Waals surface area contributed by atoms with E-state index in [4.69, 9.17) is 4.74 Å². The Morgan fingerprint density at radius 2 is 2.08 bits per heavy atom. The lowest BCUT2D eigenvalue weighted by Gasteiger charge is -2.44. The van der Waals surface area contributed by atoms with E-state index in [0.29, 0.717) is 24.9 Å². The second kappa shape index (κ2) is 7.40. The van der Waals surface area contributed by atoms with Gasteiger partial charge in [0.15, 0.2) is 6.61 Å². The maximum atomic E-state index is 12.8. The zero-order chi connectivity index (χ0) is 16.9. The van der Waals surface area contributed by atoms with Crippen molar-refractivity contribution in [2.75, 3.05) is 26.7 Å². The van der Waals surface area contributed by atoms with E-state index in [1.165, 1.54) is 24.3 Å². The number of amides is 1. The van der Waals surface area contributed by atoms with Crippen molar-refractivity contribution in [3.63, 3.8) is 0 Å². The van der Waals surface area contributed by atoms with Gasteiger partial charge in [-0.1, -0.05) is 6.07 Å². The third kappa shape index (κ3) is 4.08. The highest BCUT2D eigenvalue weighted by Gasteiger charge is 2.33. The molecule has 24 heavy (non-hydrogen) atoms. The highest BCUT2D eigenvalue weighted by molar-refractivity contribution is 5.78. The van der Waals surface area contributed by atoms with Crippen molar-refractivity contribution < 1.29 is 13.9 Å². The normalized spacial score (nSPS) is 14.5. The molecule has 2 aromatic rings. The summed E-state index contributed by atoms with van der Waals surface area (Å²) in [7, 11) is 2.05. The van der Waals surface area contributed by atoms with Crippen LogP contribution in [0.5, 0.6) is 5.75 Å². The standard InChI is InChI=1S/C18H20FN3O2/c1-21(10-14-3-2-8-20-9-14)16-11-22(12-16)18(23)13-24-17-6-4-15(19)5-7-17/h2-9,16H,10-13H2,1H3. The Labute approximate surface area is 140 Å². The molecule has 0 spiro atoms. The molecule has 3 rings (SSSR count). The molecule has 1 amide bonds. The molecule has 1 aliphatic rings. The molecule has 0 N–H and O–H groups in total. The van der Waals surface area contributed by atoms with Gasteiger partial charge >= 0.3 is 0 Å². The van der Waals surface area contributed by atoms with Crippen LogP contribution < -0.4 is 4.74 Å². The number of pyridine rings is 1. The topological polar surface area (TPSA) is 45.7 Å². The first kappa shape index (κ1) is 16.4. The molecule has 0 radical (unpaired) electrons. The summed E-state index contributed by atoms with van der Waals surface area (Å²) < 4.78 is 18.2. The van der Waals surface area contributed by atoms with Crippen LogP contribution in [0.25, 0.3) is 0 Å². The molecular formula is C18H20FN3O2. The van der Waals surface area contributed by atoms with Gasteiger partial charge in [-0.3, -0.25) is 14.7 Å². The number of rotatable bonds is 6. The molecule has 1 saturated heterocycles. The van der Waals surface area contributed by atoms with Gasteiger partial charge in [0.25, 0.3) is 5.91 Å². The Morgan fingerprint density at radius 1 is 1.33 bits per heavy atom. The van der Waals surface area contributed by atoms with Gasteiger partial charge in [0.05, 0.1) is 0 Å². The number of aromatic nitrogens is 1. The van der Waals surface area contributed by atoms with Crippen LogP contribution in [0.1, 0.15) is 5.56 Å². The van der Waals surface area contributed by atoms with Crippen molar-refractivity contribution in [2.24, 2.45) is 0 Å². The van der Waals surface area contributed by atoms with Gasteiger partial charge in [0.1, 0.15) is 11.6 Å². The van der Waals surface area contributed by atoms with E-state index in [1.807, 2.05) is 18.3 Å². The molecule has 6 heteroatoms. The van der Waals surface area contributed by atoms with Crippen molar-refractivity contribution in [3.8, 4) is 5.75 Å². The second-order valence-corrected chi connectivity index (χ2v) is 5.97. The van der Waals surface area contributed by atoms with Gasteiger partial charge in [-0.15, -0.1) is 0 Å². The quantitative estimate of drug-likeness (QED) is 0.813. The number of ether oxygens (including phenoxy) is 1. The maximum absolute atomic E-state index is 12.8. The Morgan fingerprint density at radius 3 is 2.75 bits per heavy atom. The number of benzene rings is 1. The van der Waals surface area contributed by atoms with Crippen LogP contribution in [0.3, 0.4) is 0 Å². The number of carbonyl (C=O) groups is 1. The van der Waals surface area contributed by atoms with Crippen LogP contribution in [-0.4, -0.2) is 53.5 Å². The number of halogens is 1. The van der Waals surface area contributed by atoms with Gasteiger partial charge in [0.2, 0.25) is 0 Å². The highest BCUT2D eigenvalue weighted by atomic mass is 19.1. The van der Waals surface area contributed by atoms with Gasteiger partial charge < -0.3 is 9.64 Å². The number of hydrogen-bond donors (Lipinski definition) is 0. The minimum absolute atomic E-state index is 0.0231. The van der Waals surface area contributed by atoms with E-state index in [2.05, 4.69) is 16.9 Å². The molecule has 1 aromatic carbocycles. The number of hydrogen-bond acceptors (Lipinski definition) is 4. The summed E-state index contributed by atoms with van der Waals surface area (Å²) in [5.74, 6) is 0.122. The Bertz CT molecular complexity index is 672. The van der Waals surface area contributed by atoms with Crippen LogP contribution in [0.15, 0.2) is 48.8 Å². The second-order valence-electron chi connectivity index (χ2n) is 5.97. The lowest BCUT2D eigenvalue weighted by molar-refractivity contribution is -0.140. The third-order valence-electron chi connectivity index (χ3n) is 4.17. The van der Waals surface area contributed by atoms with E-state index >= 15 is 0 Å². The number of likely N-dealkylation sites (tertiary alicyclic amines) is 1. The maximum Gasteiger partial charge on any atom is 0.260 e. The fraction of sp³-hybridized carbons (Fsp3) is 0.333. The van der Waals surface area contributed by atoms with Gasteiger partial charge in [0, 0.05) is 38.1 Å². The van der Waals surface area contributed by atoms with Crippen LogP contribution in [-0.2, 0) is 11.3 Å². The minimum atomic E-state index is -0.323. The van der Waals surface area contributed by atoms with E-state index in [9.17, 15) is 9.18 Å². The number of carbonyl (C=O) groups excluding carboxylic acids is 1. The van der Waals surface area contributed by atoms with Crippen molar-refractivity contribution in [2.45, 2.75) is 12.6 Å². The molecule has 0 unspecified atom stereocenters. The minimum Gasteiger partial charge on any atom is -0.484 e. The molecule has 126 valence electrons. The van der Waals surface area contributed by atoms with Gasteiger partial charge in [-0.25, -0.2) is 4.39 Å². The van der Waals surface area contributed by atoms with Gasteiger partial charge in [-0.05, 0) is 42.9 Å². The molecule has 1 aliphatic heterocycles. The molecule has 1 aromatic heterocycles. The van der Waals surface area contributed by atoms with Crippen LogP contribution >= 0.6 is 0 Å². The zero-order valence-electron chi connectivity index (χ0n) is 13.6. The van der Waals surface area contributed by atoms with Crippen molar-refractivity contribution in [1.82, 2.24) is 14.8 Å². The Hall–Kier alpha value is -2.47. The van der Waals surface area contributed by atoms with E-state index < -0.39 is 0 Å². The summed E-state index contributed by atoms with van der Waals surface area (Å²) in [6.07, 6.45) is 3.61. The summed E-state index contributed by atoms with van der Waals surface area (Å²) in [6.45, 7) is 2.18. The summed E-state index contributed by atoms with van der Waals surface area (Å²) in [5, 5.41) is 0. The number of nitrogens with zero attached hydrogens (tertiary/aromatic N) is 3. The summed E-state index contributed by atoms with van der Waals surface area (Å²) in [6, 6.07) is 9.97. The molecule has 0 bridgehead atoms. The lowest BCUT2D eigenvalue weighted by Crippen LogP contribution is -2.60. The summed E-state index contributed by atoms with van der Waals surface area (Å²) in [5.41, 5.74) is 1.16. The fourth-order valence-corrected chi connectivity index (χ4v) is 2.61. The molecule has 1 fully saturated rings. The van der Waals surface area contributed by atoms with Crippen LogP contribution in [0.4, 0.5) is 4.39 Å². The first-order valence-corrected chi connectivity index (χ1v) is 7.87. The van der Waals surface area contributed by atoms with E-state index in [-0.39, 0.29) is 18.3 Å². The average Bonchev–Trinajstić information content (AvgIpc) is 2.54. The van der Waals surface area contributed by atoms with Crippen LogP contribution in [0, 0.1) is 5.82 Å². The lowest BCUT2D eigenvalue weighted by atomic mass is 10.1. The molecule has 0 atom stereocenters.